The van der Waals surface area contributed by atoms with E-state index in [4.69, 9.17) is 10.2 Å². The highest BCUT2D eigenvalue weighted by Gasteiger charge is 2.05. The van der Waals surface area contributed by atoms with Gasteiger partial charge in [-0.3, -0.25) is 9.59 Å². The highest BCUT2D eigenvalue weighted by molar-refractivity contribution is 5.87. The maximum atomic E-state index is 10.4. The number of Topliss-reactive ketones (excluding diaryl/α,β-unsaturated/α-hetero) is 1. The zero-order valence-electron chi connectivity index (χ0n) is 19.1. The topological polar surface area (TPSA) is 104 Å². The summed E-state index contributed by atoms with van der Waals surface area (Å²) in [4.78, 5) is 31.3. The van der Waals surface area contributed by atoms with Crippen LogP contribution in [0.2, 0.25) is 0 Å². The molecule has 0 saturated carbocycles. The van der Waals surface area contributed by atoms with Gasteiger partial charge >= 0.3 is 0 Å². The Morgan fingerprint density at radius 2 is 1.55 bits per heavy atom. The van der Waals surface area contributed by atoms with Crippen molar-refractivity contribution in [3.63, 3.8) is 0 Å². The number of unbranched alkanes of at least 4 members (excludes halogenated alkanes) is 4. The maximum Gasteiger partial charge on any atom is 0.248 e. The molecule has 0 bridgehead atoms. The van der Waals surface area contributed by atoms with E-state index in [2.05, 4.69) is 31.3 Å². The fourth-order valence-electron chi connectivity index (χ4n) is 1.78. The predicted molar refractivity (Wildman–Crippen MR) is 120 cm³/mol. The average molecular weight is 414 g/mol. The van der Waals surface area contributed by atoms with Gasteiger partial charge in [-0.2, -0.15) is 0 Å². The van der Waals surface area contributed by atoms with Crippen molar-refractivity contribution < 1.29 is 24.6 Å². The molecule has 0 spiro atoms. The number of aliphatic hydroxyl groups is 2. The summed E-state index contributed by atoms with van der Waals surface area (Å²) < 4.78 is 0. The van der Waals surface area contributed by atoms with E-state index < -0.39 is 12.0 Å². The summed E-state index contributed by atoms with van der Waals surface area (Å²) in [7, 11) is 0. The highest BCUT2D eigenvalue weighted by atomic mass is 16.3. The second kappa shape index (κ2) is 26.2. The van der Waals surface area contributed by atoms with Crippen molar-refractivity contribution in [3.8, 4) is 0 Å². The van der Waals surface area contributed by atoms with Gasteiger partial charge in [0.25, 0.3) is 0 Å². The SMILES string of the molecule is CC(O)C(=O)NCCO.CCCC=CCCC(C)=O.CCCCCC=CC(C)=O. The van der Waals surface area contributed by atoms with Gasteiger partial charge in [0.1, 0.15) is 11.9 Å². The van der Waals surface area contributed by atoms with Gasteiger partial charge in [-0.15, -0.1) is 0 Å². The molecule has 1 atom stereocenters. The molecule has 29 heavy (non-hydrogen) atoms. The van der Waals surface area contributed by atoms with Crippen LogP contribution in [0.3, 0.4) is 0 Å². The number of carbonyl (C=O) groups excluding carboxylic acids is 3. The van der Waals surface area contributed by atoms with Crippen molar-refractivity contribution in [2.24, 2.45) is 0 Å². The van der Waals surface area contributed by atoms with Crippen LogP contribution in [-0.4, -0.2) is 46.9 Å². The lowest BCUT2D eigenvalue weighted by Gasteiger charge is -2.03. The second-order valence-electron chi connectivity index (χ2n) is 6.70. The van der Waals surface area contributed by atoms with Crippen molar-refractivity contribution in [1.29, 1.82) is 0 Å². The Hall–Kier alpha value is -1.79. The van der Waals surface area contributed by atoms with Crippen molar-refractivity contribution in [2.45, 2.75) is 92.1 Å². The van der Waals surface area contributed by atoms with Crippen LogP contribution in [0.1, 0.15) is 86.0 Å². The minimum atomic E-state index is -0.989. The molecule has 0 fully saturated rings. The standard InChI is InChI=1S/2C9H16O.C5H11NO3/c2*1-3-4-5-6-7-8-9(2)10;1-4(8)5(9)6-2-3-7/h7-8H,3-6H2,1-2H3;5-6H,3-4,7-8H2,1-2H3;4,7-8H,2-3H2,1H3,(H,6,9). The predicted octanol–water partition coefficient (Wildman–Crippen LogP) is 3.90. The fraction of sp³-hybridized carbons (Fsp3) is 0.696. The van der Waals surface area contributed by atoms with Crippen LogP contribution in [0.15, 0.2) is 24.3 Å². The smallest absolute Gasteiger partial charge is 0.248 e. The molecule has 0 rings (SSSR count). The first kappa shape index (κ1) is 31.9. The molecule has 0 aliphatic carbocycles. The molecule has 0 heterocycles. The third-order valence-electron chi connectivity index (χ3n) is 3.40. The molecule has 0 aromatic carbocycles. The van der Waals surface area contributed by atoms with E-state index in [0.717, 1.165) is 19.3 Å². The third kappa shape index (κ3) is 37.6. The number of ketones is 2. The molecule has 1 unspecified atom stereocenters. The van der Waals surface area contributed by atoms with Gasteiger partial charge in [0.15, 0.2) is 5.78 Å². The Morgan fingerprint density at radius 3 is 2.00 bits per heavy atom. The Balaban J connectivity index is -0.000000350. The summed E-state index contributed by atoms with van der Waals surface area (Å²) in [5.41, 5.74) is 0. The van der Waals surface area contributed by atoms with Crippen LogP contribution >= 0.6 is 0 Å². The first-order valence-electron chi connectivity index (χ1n) is 10.6. The monoisotopic (exact) mass is 413 g/mol. The highest BCUT2D eigenvalue weighted by Crippen LogP contribution is 1.99. The van der Waals surface area contributed by atoms with Crippen molar-refractivity contribution in [2.75, 3.05) is 13.2 Å². The Kier molecular flexibility index (Phi) is 28.8. The van der Waals surface area contributed by atoms with Gasteiger partial charge in [-0.05, 0) is 52.5 Å². The summed E-state index contributed by atoms with van der Waals surface area (Å²) in [6.45, 7) is 9.00. The van der Waals surface area contributed by atoms with Gasteiger partial charge in [-0.1, -0.05) is 51.3 Å². The number of allylic oxidation sites excluding steroid dienone is 4. The Bertz CT molecular complexity index is 456. The summed E-state index contributed by atoms with van der Waals surface area (Å²) in [5, 5.41) is 19.0. The maximum absolute atomic E-state index is 10.4. The summed E-state index contributed by atoms with van der Waals surface area (Å²) in [6.07, 6.45) is 15.5. The molecule has 6 heteroatoms. The van der Waals surface area contributed by atoms with Gasteiger partial charge in [-0.25, -0.2) is 0 Å². The van der Waals surface area contributed by atoms with Crippen LogP contribution in [0.5, 0.6) is 0 Å². The zero-order valence-corrected chi connectivity index (χ0v) is 19.1. The number of aliphatic hydroxyl groups excluding tert-OH is 2. The number of rotatable bonds is 13. The molecule has 0 aromatic heterocycles. The van der Waals surface area contributed by atoms with Gasteiger partial charge in [0.05, 0.1) is 6.61 Å². The van der Waals surface area contributed by atoms with Crippen LogP contribution in [-0.2, 0) is 14.4 Å². The van der Waals surface area contributed by atoms with Crippen molar-refractivity contribution >= 4 is 17.5 Å². The fourth-order valence-corrected chi connectivity index (χ4v) is 1.78. The lowest BCUT2D eigenvalue weighted by atomic mass is 10.2. The van der Waals surface area contributed by atoms with Crippen LogP contribution < -0.4 is 5.32 Å². The molecule has 0 radical (unpaired) electrons. The minimum Gasteiger partial charge on any atom is -0.395 e. The van der Waals surface area contributed by atoms with Gasteiger partial charge < -0.3 is 20.3 Å². The molecule has 1 amide bonds. The van der Waals surface area contributed by atoms with E-state index in [1.165, 1.54) is 32.6 Å². The Labute approximate surface area is 177 Å². The van der Waals surface area contributed by atoms with Gasteiger partial charge in [0.2, 0.25) is 5.91 Å². The number of carbonyl (C=O) groups is 3. The Morgan fingerprint density at radius 1 is 0.931 bits per heavy atom. The quantitative estimate of drug-likeness (QED) is 0.241. The first-order chi connectivity index (χ1) is 13.7. The summed E-state index contributed by atoms with van der Waals surface area (Å²) >= 11 is 0. The van der Waals surface area contributed by atoms with E-state index in [-0.39, 0.29) is 24.7 Å². The molecular weight excluding hydrogens is 370 g/mol. The van der Waals surface area contributed by atoms with Crippen molar-refractivity contribution in [1.82, 2.24) is 5.32 Å². The molecule has 0 aliphatic heterocycles. The third-order valence-corrected chi connectivity index (χ3v) is 3.40. The van der Waals surface area contributed by atoms with Crippen LogP contribution in [0.4, 0.5) is 0 Å². The zero-order chi connectivity index (χ0) is 22.9. The number of nitrogens with one attached hydrogen (secondary N) is 1. The van der Waals surface area contributed by atoms with E-state index >= 15 is 0 Å². The minimum absolute atomic E-state index is 0.0987. The molecule has 0 aliphatic rings. The number of hydrogen-bond donors (Lipinski definition) is 3. The molecule has 170 valence electrons. The normalized spacial score (nSPS) is 11.3. The summed E-state index contributed by atoms with van der Waals surface area (Å²) in [5.74, 6) is -0.0262. The molecule has 0 saturated heterocycles. The first-order valence-corrected chi connectivity index (χ1v) is 10.6. The molecule has 0 aromatic rings. The number of hydrogen-bond acceptors (Lipinski definition) is 5. The largest absolute Gasteiger partial charge is 0.395 e. The van der Waals surface area contributed by atoms with E-state index in [0.29, 0.717) is 6.42 Å². The van der Waals surface area contributed by atoms with Crippen molar-refractivity contribution in [3.05, 3.63) is 24.3 Å². The second-order valence-corrected chi connectivity index (χ2v) is 6.70. The lowest BCUT2D eigenvalue weighted by Crippen LogP contribution is -2.34. The summed E-state index contributed by atoms with van der Waals surface area (Å²) in [6, 6.07) is 0. The van der Waals surface area contributed by atoms with E-state index in [1.54, 1.807) is 19.9 Å². The lowest BCUT2D eigenvalue weighted by molar-refractivity contribution is -0.128. The average Bonchev–Trinajstić information content (AvgIpc) is 2.66. The molecule has 3 N–H and O–H groups in total. The van der Waals surface area contributed by atoms with Crippen LogP contribution in [0, 0.1) is 0 Å². The molecular formula is C23H43NO5. The van der Waals surface area contributed by atoms with E-state index in [9.17, 15) is 14.4 Å². The van der Waals surface area contributed by atoms with Gasteiger partial charge in [0, 0.05) is 13.0 Å². The van der Waals surface area contributed by atoms with E-state index in [1.807, 2.05) is 6.08 Å². The number of amides is 1. The van der Waals surface area contributed by atoms with Crippen LogP contribution in [0.25, 0.3) is 0 Å². The molecule has 6 nitrogen and oxygen atoms in total.